The number of rotatable bonds is 3. The molecular formula is C13H15N3O. The maximum absolute atomic E-state index is 11.9. The van der Waals surface area contributed by atoms with Crippen molar-refractivity contribution in [1.82, 2.24) is 9.88 Å². The number of para-hydroxylation sites is 1. The highest BCUT2D eigenvalue weighted by Crippen LogP contribution is 2.10. The van der Waals surface area contributed by atoms with Crippen molar-refractivity contribution >= 4 is 11.6 Å². The summed E-state index contributed by atoms with van der Waals surface area (Å²) in [6.07, 6.45) is 1.94. The van der Waals surface area contributed by atoms with Crippen molar-refractivity contribution in [1.29, 1.82) is 0 Å². The summed E-state index contributed by atoms with van der Waals surface area (Å²) in [5, 5.41) is 2.84. The van der Waals surface area contributed by atoms with E-state index in [1.54, 1.807) is 18.2 Å². The third kappa shape index (κ3) is 2.47. The lowest BCUT2D eigenvalue weighted by Gasteiger charge is -2.08. The fourth-order valence-corrected chi connectivity index (χ4v) is 1.65. The normalized spacial score (nSPS) is 10.2. The number of carbonyl (C=O) groups excluding carboxylic acids is 1. The average Bonchev–Trinajstić information content (AvgIpc) is 2.72. The van der Waals surface area contributed by atoms with Gasteiger partial charge in [0, 0.05) is 24.6 Å². The zero-order chi connectivity index (χ0) is 12.3. The molecule has 17 heavy (non-hydrogen) atoms. The number of nitrogens with zero attached hydrogens (tertiary/aromatic N) is 1. The lowest BCUT2D eigenvalue weighted by Crippen LogP contribution is -2.24. The van der Waals surface area contributed by atoms with Crippen LogP contribution >= 0.6 is 0 Å². The standard InChI is InChI=1S/C13H15N3O/c1-16-8-4-5-10(16)9-15-13(17)11-6-2-3-7-12(11)14/h2-8H,9,14H2,1H3,(H,15,17). The maximum Gasteiger partial charge on any atom is 0.253 e. The fraction of sp³-hybridized carbons (Fsp3) is 0.154. The summed E-state index contributed by atoms with van der Waals surface area (Å²) in [5.41, 5.74) is 7.80. The Morgan fingerprint density at radius 1 is 1.29 bits per heavy atom. The van der Waals surface area contributed by atoms with Gasteiger partial charge in [0.05, 0.1) is 12.1 Å². The molecule has 0 saturated heterocycles. The molecule has 4 heteroatoms. The Labute approximate surface area is 100 Å². The van der Waals surface area contributed by atoms with Gasteiger partial charge in [-0.1, -0.05) is 12.1 Å². The van der Waals surface area contributed by atoms with Gasteiger partial charge in [0.2, 0.25) is 0 Å². The monoisotopic (exact) mass is 229 g/mol. The molecule has 88 valence electrons. The zero-order valence-electron chi connectivity index (χ0n) is 9.68. The number of aromatic nitrogens is 1. The Morgan fingerprint density at radius 2 is 2.06 bits per heavy atom. The number of benzene rings is 1. The third-order valence-corrected chi connectivity index (χ3v) is 2.69. The summed E-state index contributed by atoms with van der Waals surface area (Å²) in [5.74, 6) is -0.149. The minimum atomic E-state index is -0.149. The van der Waals surface area contributed by atoms with Gasteiger partial charge in [0.25, 0.3) is 5.91 Å². The first-order valence-electron chi connectivity index (χ1n) is 5.41. The van der Waals surface area contributed by atoms with Crippen LogP contribution in [0.15, 0.2) is 42.6 Å². The summed E-state index contributed by atoms with van der Waals surface area (Å²) in [4.78, 5) is 11.9. The van der Waals surface area contributed by atoms with Gasteiger partial charge in [-0.2, -0.15) is 0 Å². The van der Waals surface area contributed by atoms with E-state index in [0.717, 1.165) is 5.69 Å². The maximum atomic E-state index is 11.9. The van der Waals surface area contributed by atoms with Crippen LogP contribution in [0.2, 0.25) is 0 Å². The third-order valence-electron chi connectivity index (χ3n) is 2.69. The number of anilines is 1. The van der Waals surface area contributed by atoms with E-state index in [1.807, 2.05) is 36.0 Å². The van der Waals surface area contributed by atoms with E-state index in [9.17, 15) is 4.79 Å². The fourth-order valence-electron chi connectivity index (χ4n) is 1.65. The lowest BCUT2D eigenvalue weighted by molar-refractivity contribution is 0.0951. The Morgan fingerprint density at radius 3 is 2.71 bits per heavy atom. The van der Waals surface area contributed by atoms with Gasteiger partial charge in [-0.3, -0.25) is 4.79 Å². The van der Waals surface area contributed by atoms with Crippen molar-refractivity contribution in [2.45, 2.75) is 6.54 Å². The van der Waals surface area contributed by atoms with Crippen LogP contribution in [0.5, 0.6) is 0 Å². The van der Waals surface area contributed by atoms with Crippen molar-refractivity contribution in [2.24, 2.45) is 7.05 Å². The van der Waals surface area contributed by atoms with Crippen molar-refractivity contribution in [2.75, 3.05) is 5.73 Å². The van der Waals surface area contributed by atoms with Crippen LogP contribution in [0.4, 0.5) is 5.69 Å². The predicted molar refractivity (Wildman–Crippen MR) is 67.4 cm³/mol. The minimum absolute atomic E-state index is 0.149. The second kappa shape index (κ2) is 4.74. The predicted octanol–water partition coefficient (Wildman–Crippen LogP) is 1.54. The molecular weight excluding hydrogens is 214 g/mol. The van der Waals surface area contributed by atoms with Crippen LogP contribution in [-0.2, 0) is 13.6 Å². The largest absolute Gasteiger partial charge is 0.398 e. The Kier molecular flexibility index (Phi) is 3.14. The van der Waals surface area contributed by atoms with Gasteiger partial charge in [-0.15, -0.1) is 0 Å². The number of carbonyl (C=O) groups is 1. The average molecular weight is 229 g/mol. The second-order valence-electron chi connectivity index (χ2n) is 3.88. The summed E-state index contributed by atoms with van der Waals surface area (Å²) >= 11 is 0. The highest BCUT2D eigenvalue weighted by atomic mass is 16.1. The van der Waals surface area contributed by atoms with E-state index in [0.29, 0.717) is 17.8 Å². The van der Waals surface area contributed by atoms with E-state index in [-0.39, 0.29) is 5.91 Å². The Bertz CT molecular complexity index is 531. The van der Waals surface area contributed by atoms with Crippen LogP contribution < -0.4 is 11.1 Å². The molecule has 1 amide bonds. The van der Waals surface area contributed by atoms with Gasteiger partial charge in [0.15, 0.2) is 0 Å². The SMILES string of the molecule is Cn1cccc1CNC(=O)c1ccccc1N. The summed E-state index contributed by atoms with van der Waals surface area (Å²) in [7, 11) is 1.94. The number of hydrogen-bond donors (Lipinski definition) is 2. The highest BCUT2D eigenvalue weighted by molar-refractivity contribution is 5.98. The molecule has 3 N–H and O–H groups in total. The minimum Gasteiger partial charge on any atom is -0.398 e. The lowest BCUT2D eigenvalue weighted by atomic mass is 10.1. The van der Waals surface area contributed by atoms with Crippen LogP contribution in [0.1, 0.15) is 16.1 Å². The first kappa shape index (κ1) is 11.3. The highest BCUT2D eigenvalue weighted by Gasteiger charge is 2.08. The molecule has 0 unspecified atom stereocenters. The van der Waals surface area contributed by atoms with E-state index in [1.165, 1.54) is 0 Å². The van der Waals surface area contributed by atoms with Gasteiger partial charge in [-0.25, -0.2) is 0 Å². The molecule has 4 nitrogen and oxygen atoms in total. The molecule has 2 aromatic rings. The molecule has 2 rings (SSSR count). The number of hydrogen-bond acceptors (Lipinski definition) is 2. The van der Waals surface area contributed by atoms with Crippen LogP contribution in [0.3, 0.4) is 0 Å². The molecule has 1 aromatic carbocycles. The van der Waals surface area contributed by atoms with Crippen molar-refractivity contribution in [3.63, 3.8) is 0 Å². The molecule has 0 spiro atoms. The van der Waals surface area contributed by atoms with Crippen LogP contribution in [0.25, 0.3) is 0 Å². The first-order chi connectivity index (χ1) is 8.18. The molecule has 0 aliphatic carbocycles. The summed E-state index contributed by atoms with van der Waals surface area (Å²) < 4.78 is 1.97. The number of amides is 1. The van der Waals surface area contributed by atoms with Gasteiger partial charge in [-0.05, 0) is 24.3 Å². The Balaban J connectivity index is 2.04. The van der Waals surface area contributed by atoms with Crippen LogP contribution in [0, 0.1) is 0 Å². The van der Waals surface area contributed by atoms with Crippen molar-refractivity contribution < 1.29 is 4.79 Å². The first-order valence-corrected chi connectivity index (χ1v) is 5.41. The van der Waals surface area contributed by atoms with Crippen molar-refractivity contribution in [3.8, 4) is 0 Å². The molecule has 0 aliphatic heterocycles. The molecule has 0 saturated carbocycles. The molecule has 0 radical (unpaired) electrons. The van der Waals surface area contributed by atoms with E-state index in [2.05, 4.69) is 5.32 Å². The molecule has 1 heterocycles. The molecule has 1 aromatic heterocycles. The molecule has 0 fully saturated rings. The molecule has 0 aliphatic rings. The van der Waals surface area contributed by atoms with Crippen molar-refractivity contribution in [3.05, 3.63) is 53.9 Å². The number of aryl methyl sites for hydroxylation is 1. The molecule has 0 bridgehead atoms. The zero-order valence-corrected chi connectivity index (χ0v) is 9.68. The smallest absolute Gasteiger partial charge is 0.253 e. The van der Waals surface area contributed by atoms with E-state index in [4.69, 9.17) is 5.73 Å². The van der Waals surface area contributed by atoms with Crippen LogP contribution in [-0.4, -0.2) is 10.5 Å². The number of nitrogens with two attached hydrogens (primary N) is 1. The quantitative estimate of drug-likeness (QED) is 0.784. The van der Waals surface area contributed by atoms with Gasteiger partial charge in [0.1, 0.15) is 0 Å². The molecule has 0 atom stereocenters. The summed E-state index contributed by atoms with van der Waals surface area (Å²) in [6.45, 7) is 0.497. The van der Waals surface area contributed by atoms with Gasteiger partial charge < -0.3 is 15.6 Å². The second-order valence-corrected chi connectivity index (χ2v) is 3.88. The number of nitrogen functional groups attached to an aromatic ring is 1. The topological polar surface area (TPSA) is 60.0 Å². The van der Waals surface area contributed by atoms with E-state index < -0.39 is 0 Å². The number of nitrogens with one attached hydrogen (secondary N) is 1. The van der Waals surface area contributed by atoms with E-state index >= 15 is 0 Å². The Hall–Kier alpha value is -2.23. The summed E-state index contributed by atoms with van der Waals surface area (Å²) in [6, 6.07) is 11.0. The van der Waals surface area contributed by atoms with Gasteiger partial charge >= 0.3 is 0 Å².